The number of nitro groups is 1. The molecule has 3 rings (SSSR count). The lowest BCUT2D eigenvalue weighted by Gasteiger charge is -2.17. The number of nitrogens with zero attached hydrogens (tertiary/aromatic N) is 3. The molecule has 0 bridgehead atoms. The van der Waals surface area contributed by atoms with Crippen LogP contribution < -0.4 is 14.9 Å². The number of nitrogens with one attached hydrogen (secondary N) is 1. The Bertz CT molecular complexity index is 1130. The van der Waals surface area contributed by atoms with Crippen molar-refractivity contribution >= 4 is 33.6 Å². The number of anilines is 1. The lowest BCUT2D eigenvalue weighted by atomic mass is 10.1. The minimum atomic E-state index is -0.503. The van der Waals surface area contributed by atoms with Crippen LogP contribution in [0.25, 0.3) is 0 Å². The molecule has 2 aromatic carbocycles. The summed E-state index contributed by atoms with van der Waals surface area (Å²) in [6, 6.07) is 14.6. The largest absolute Gasteiger partial charge is 0.490 e. The molecule has 0 spiro atoms. The molecular weight excluding hydrogens is 488 g/mol. The molecule has 0 amide bonds. The van der Waals surface area contributed by atoms with Crippen LogP contribution in [0, 0.1) is 10.1 Å². The molecule has 8 nitrogen and oxygen atoms in total. The molecule has 0 aliphatic rings. The van der Waals surface area contributed by atoms with Crippen molar-refractivity contribution in [1.82, 2.24) is 4.98 Å². The van der Waals surface area contributed by atoms with Crippen molar-refractivity contribution in [3.63, 3.8) is 0 Å². The molecule has 9 heteroatoms. The highest BCUT2D eigenvalue weighted by Gasteiger charge is 2.13. The molecule has 170 valence electrons. The number of pyridine rings is 1. The van der Waals surface area contributed by atoms with Gasteiger partial charge in [0.15, 0.2) is 11.5 Å². The van der Waals surface area contributed by atoms with E-state index in [1.807, 2.05) is 43.3 Å². The smallest absolute Gasteiger partial charge is 0.287 e. The molecule has 0 aliphatic carbocycles. The van der Waals surface area contributed by atoms with E-state index >= 15 is 0 Å². The quantitative estimate of drug-likeness (QED) is 0.149. The number of hydrogen-bond acceptors (Lipinski definition) is 7. The van der Waals surface area contributed by atoms with Gasteiger partial charge in [-0.3, -0.25) is 15.5 Å². The number of ether oxygens (including phenoxy) is 2. The van der Waals surface area contributed by atoms with Crippen LogP contribution in [0.4, 0.5) is 11.5 Å². The van der Waals surface area contributed by atoms with Crippen LogP contribution in [0.1, 0.15) is 23.6 Å². The fourth-order valence-electron chi connectivity index (χ4n) is 2.96. The molecule has 0 atom stereocenters. The third-order valence-corrected chi connectivity index (χ3v) is 4.99. The van der Waals surface area contributed by atoms with E-state index in [4.69, 9.17) is 9.47 Å². The van der Waals surface area contributed by atoms with Crippen molar-refractivity contribution in [1.29, 1.82) is 0 Å². The number of rotatable bonds is 11. The van der Waals surface area contributed by atoms with Crippen LogP contribution >= 0.6 is 15.9 Å². The van der Waals surface area contributed by atoms with Crippen LogP contribution in [0.5, 0.6) is 11.5 Å². The minimum Gasteiger partial charge on any atom is -0.490 e. The normalized spacial score (nSPS) is 10.7. The van der Waals surface area contributed by atoms with Crippen molar-refractivity contribution in [2.75, 3.05) is 12.0 Å². The lowest BCUT2D eigenvalue weighted by Crippen LogP contribution is -2.04. The first-order chi connectivity index (χ1) is 16.0. The Kier molecular flexibility index (Phi) is 8.54. The van der Waals surface area contributed by atoms with Gasteiger partial charge in [-0.25, -0.2) is 4.98 Å². The van der Waals surface area contributed by atoms with Crippen molar-refractivity contribution in [2.24, 2.45) is 5.10 Å². The Morgan fingerprint density at radius 3 is 2.64 bits per heavy atom. The van der Waals surface area contributed by atoms with Gasteiger partial charge in [-0.2, -0.15) is 5.10 Å². The molecule has 0 radical (unpaired) electrons. The zero-order chi connectivity index (χ0) is 23.6. The molecule has 1 N–H and O–H groups in total. The van der Waals surface area contributed by atoms with Gasteiger partial charge in [0.25, 0.3) is 5.69 Å². The highest BCUT2D eigenvalue weighted by Crippen LogP contribution is 2.34. The van der Waals surface area contributed by atoms with Crippen LogP contribution in [0.2, 0.25) is 0 Å². The van der Waals surface area contributed by atoms with Crippen molar-refractivity contribution in [2.45, 2.75) is 20.0 Å². The van der Waals surface area contributed by atoms with Gasteiger partial charge in [-0.1, -0.05) is 34.1 Å². The van der Waals surface area contributed by atoms with Crippen molar-refractivity contribution in [3.8, 4) is 11.5 Å². The highest BCUT2D eigenvalue weighted by molar-refractivity contribution is 9.10. The van der Waals surface area contributed by atoms with E-state index in [0.717, 1.165) is 21.2 Å². The van der Waals surface area contributed by atoms with Gasteiger partial charge in [-0.15, -0.1) is 6.58 Å². The monoisotopic (exact) mass is 510 g/mol. The molecule has 3 aromatic rings. The van der Waals surface area contributed by atoms with E-state index < -0.39 is 4.92 Å². The van der Waals surface area contributed by atoms with Gasteiger partial charge in [0.2, 0.25) is 0 Å². The number of benzene rings is 2. The summed E-state index contributed by atoms with van der Waals surface area (Å²) >= 11 is 3.44. The number of hydrogen-bond donors (Lipinski definition) is 1. The van der Waals surface area contributed by atoms with Crippen LogP contribution in [0.15, 0.2) is 77.0 Å². The summed E-state index contributed by atoms with van der Waals surface area (Å²) in [5.74, 6) is 1.67. The number of allylic oxidation sites excluding steroid dienone is 1. The molecular formula is C24H23BrN4O4. The molecule has 0 fully saturated rings. The second-order valence-corrected chi connectivity index (χ2v) is 7.79. The highest BCUT2D eigenvalue weighted by atomic mass is 79.9. The summed E-state index contributed by atoms with van der Waals surface area (Å²) in [5.41, 5.74) is 5.43. The summed E-state index contributed by atoms with van der Waals surface area (Å²) < 4.78 is 13.0. The standard InChI is InChI=1S/C24H23BrN4O4/c1-3-5-19-12-18(14-27-28-23-11-10-21(15-26-23)29(30)31)13-22(32-4-2)24(19)33-16-17-6-8-20(25)9-7-17/h3,6-15H,1,4-5,16H2,2H3,(H,26,28)/b27-14-. The van der Waals surface area contributed by atoms with Gasteiger partial charge in [0.05, 0.1) is 17.7 Å². The average Bonchev–Trinajstić information content (AvgIpc) is 2.80. The number of hydrazone groups is 1. The summed E-state index contributed by atoms with van der Waals surface area (Å²) in [7, 11) is 0. The predicted molar refractivity (Wildman–Crippen MR) is 132 cm³/mol. The average molecular weight is 511 g/mol. The maximum Gasteiger partial charge on any atom is 0.287 e. The maximum atomic E-state index is 10.7. The first-order valence-corrected chi connectivity index (χ1v) is 11.0. The van der Waals surface area contributed by atoms with E-state index in [-0.39, 0.29) is 5.69 Å². The minimum absolute atomic E-state index is 0.0846. The molecule has 1 aromatic heterocycles. The van der Waals surface area contributed by atoms with Gasteiger partial charge < -0.3 is 9.47 Å². The number of halogens is 1. The molecule has 33 heavy (non-hydrogen) atoms. The van der Waals surface area contributed by atoms with E-state index in [1.165, 1.54) is 18.3 Å². The van der Waals surface area contributed by atoms with Gasteiger partial charge in [-0.05, 0) is 54.8 Å². The van der Waals surface area contributed by atoms with Crippen molar-refractivity contribution < 1.29 is 14.4 Å². The summed E-state index contributed by atoms with van der Waals surface area (Å²) in [4.78, 5) is 14.2. The first-order valence-electron chi connectivity index (χ1n) is 10.2. The van der Waals surface area contributed by atoms with E-state index in [1.54, 1.807) is 12.3 Å². The van der Waals surface area contributed by atoms with E-state index in [9.17, 15) is 10.1 Å². The van der Waals surface area contributed by atoms with E-state index in [2.05, 4.69) is 38.0 Å². The molecule has 0 unspecified atom stereocenters. The molecule has 1 heterocycles. The first kappa shape index (κ1) is 23.9. The Balaban J connectivity index is 1.80. The Morgan fingerprint density at radius 1 is 1.21 bits per heavy atom. The topological polar surface area (TPSA) is 98.9 Å². The fraction of sp³-hybridized carbons (Fsp3) is 0.167. The Morgan fingerprint density at radius 2 is 2.00 bits per heavy atom. The van der Waals surface area contributed by atoms with Crippen molar-refractivity contribution in [3.05, 3.63) is 98.7 Å². The van der Waals surface area contributed by atoms with Crippen LogP contribution in [0.3, 0.4) is 0 Å². The fourth-order valence-corrected chi connectivity index (χ4v) is 3.23. The summed E-state index contributed by atoms with van der Waals surface area (Å²) in [6.45, 7) is 6.64. The third-order valence-electron chi connectivity index (χ3n) is 4.47. The van der Waals surface area contributed by atoms with Gasteiger partial charge >= 0.3 is 0 Å². The van der Waals surface area contributed by atoms with Crippen LogP contribution in [-0.4, -0.2) is 22.7 Å². The summed E-state index contributed by atoms with van der Waals surface area (Å²) in [6.07, 6.45) is 5.19. The molecule has 0 saturated carbocycles. The number of aromatic nitrogens is 1. The van der Waals surface area contributed by atoms with Crippen LogP contribution in [-0.2, 0) is 13.0 Å². The third kappa shape index (κ3) is 6.88. The SMILES string of the molecule is C=CCc1cc(/C=N\Nc2ccc([N+](=O)[O-])cn2)cc(OCC)c1OCc1ccc(Br)cc1. The lowest BCUT2D eigenvalue weighted by molar-refractivity contribution is -0.385. The van der Waals surface area contributed by atoms with Gasteiger partial charge in [0.1, 0.15) is 18.6 Å². The zero-order valence-corrected chi connectivity index (χ0v) is 19.6. The molecule has 0 saturated heterocycles. The second-order valence-electron chi connectivity index (χ2n) is 6.88. The predicted octanol–water partition coefficient (Wildman–Crippen LogP) is 5.90. The van der Waals surface area contributed by atoms with Gasteiger partial charge in [0, 0.05) is 16.1 Å². The zero-order valence-electron chi connectivity index (χ0n) is 18.0. The Hall–Kier alpha value is -3.72. The van der Waals surface area contributed by atoms with E-state index in [0.29, 0.717) is 37.0 Å². The molecule has 0 aliphatic heterocycles. The maximum absolute atomic E-state index is 10.7. The summed E-state index contributed by atoms with van der Waals surface area (Å²) in [5, 5.41) is 14.9. The second kappa shape index (κ2) is 11.8. The Labute approximate surface area is 200 Å².